The van der Waals surface area contributed by atoms with E-state index in [9.17, 15) is 0 Å². The summed E-state index contributed by atoms with van der Waals surface area (Å²) in [7, 11) is -1.67. The minimum absolute atomic E-state index is 0.000170. The normalized spacial score (nSPS) is 47.8. The van der Waals surface area contributed by atoms with Crippen molar-refractivity contribution in [2.75, 3.05) is 0 Å². The number of fused-ring (bicyclic) bond motifs is 3. The van der Waals surface area contributed by atoms with Crippen LogP contribution in [0, 0.1) is 28.6 Å². The van der Waals surface area contributed by atoms with Gasteiger partial charge in [0.2, 0.25) is 0 Å². The maximum atomic E-state index is 7.27. The van der Waals surface area contributed by atoms with E-state index in [0.29, 0.717) is 11.8 Å². The van der Waals surface area contributed by atoms with E-state index >= 15 is 0 Å². The summed E-state index contributed by atoms with van der Waals surface area (Å²) in [4.78, 5) is 0. The highest BCUT2D eigenvalue weighted by Crippen LogP contribution is 2.68. The van der Waals surface area contributed by atoms with Crippen molar-refractivity contribution in [2.45, 2.75) is 91.0 Å². The number of rotatable bonds is 3. The molecule has 0 bridgehead atoms. The molecule has 0 unspecified atom stereocenters. The Bertz CT molecular complexity index is 561. The molecule has 3 aliphatic rings. The van der Waals surface area contributed by atoms with E-state index < -0.39 is 8.32 Å². The molecule has 0 spiro atoms. The lowest BCUT2D eigenvalue weighted by molar-refractivity contribution is -0.199. The number of hydrogen-bond donors (Lipinski definition) is 0. The molecular formula is C23H40OSi. The van der Waals surface area contributed by atoms with Crippen molar-refractivity contribution in [2.24, 2.45) is 28.6 Å². The fourth-order valence-corrected chi connectivity index (χ4v) is 8.47. The summed E-state index contributed by atoms with van der Waals surface area (Å²) in [5.41, 5.74) is 1.94. The molecule has 25 heavy (non-hydrogen) atoms. The molecular weight excluding hydrogens is 320 g/mol. The molecule has 0 N–H and O–H groups in total. The van der Waals surface area contributed by atoms with Gasteiger partial charge in [0.1, 0.15) is 0 Å². The zero-order valence-electron chi connectivity index (χ0n) is 17.6. The Kier molecular flexibility index (Phi) is 4.73. The third kappa shape index (κ3) is 2.92. The van der Waals surface area contributed by atoms with E-state index in [1.54, 1.807) is 0 Å². The highest BCUT2D eigenvalue weighted by molar-refractivity contribution is 6.69. The minimum Gasteiger partial charge on any atom is -0.411 e. The topological polar surface area (TPSA) is 9.23 Å². The first-order valence-electron chi connectivity index (χ1n) is 10.5. The van der Waals surface area contributed by atoms with Crippen LogP contribution in [0.2, 0.25) is 19.6 Å². The molecule has 3 aliphatic carbocycles. The Morgan fingerprint density at radius 1 is 1.16 bits per heavy atom. The second-order valence-electron chi connectivity index (χ2n) is 10.9. The summed E-state index contributed by atoms with van der Waals surface area (Å²) in [6.45, 7) is 23.5. The number of hydrogen-bond acceptors (Lipinski definition) is 1. The molecule has 0 aromatic heterocycles. The molecule has 0 aliphatic heterocycles. The van der Waals surface area contributed by atoms with Crippen molar-refractivity contribution in [3.63, 3.8) is 0 Å². The first-order valence-corrected chi connectivity index (χ1v) is 13.9. The fraction of sp³-hybridized carbons (Fsp3) is 0.826. The molecule has 3 rings (SSSR count). The molecule has 0 aromatic rings. The molecule has 3 saturated carbocycles. The van der Waals surface area contributed by atoms with Gasteiger partial charge in [-0.25, -0.2) is 0 Å². The standard InChI is InChI=1S/C23H40OSi/c1-9-21(4)13-10-14-22(5)20(21)15-18(3)19-12-11-17(2)16-23(19,22)24-25(6,7)8/h9,17,19-20H,1,3,10-16H2,2,4-8H3/t17-,19+,20-,21+,22-,23+/m1/s1. The van der Waals surface area contributed by atoms with Gasteiger partial charge in [-0.3, -0.25) is 0 Å². The van der Waals surface area contributed by atoms with Gasteiger partial charge in [-0.2, -0.15) is 0 Å². The molecule has 0 radical (unpaired) electrons. The van der Waals surface area contributed by atoms with Crippen molar-refractivity contribution in [1.29, 1.82) is 0 Å². The average molecular weight is 361 g/mol. The molecule has 0 aromatic carbocycles. The molecule has 6 atom stereocenters. The maximum Gasteiger partial charge on any atom is 0.184 e. The maximum absolute atomic E-state index is 7.27. The summed E-state index contributed by atoms with van der Waals surface area (Å²) in [6.07, 6.45) is 11.2. The van der Waals surface area contributed by atoms with Crippen LogP contribution < -0.4 is 0 Å². The van der Waals surface area contributed by atoms with Crippen molar-refractivity contribution in [3.8, 4) is 0 Å². The van der Waals surface area contributed by atoms with Crippen LogP contribution >= 0.6 is 0 Å². The van der Waals surface area contributed by atoms with Gasteiger partial charge in [0.25, 0.3) is 0 Å². The largest absolute Gasteiger partial charge is 0.411 e. The van der Waals surface area contributed by atoms with Crippen LogP contribution in [0.3, 0.4) is 0 Å². The second kappa shape index (κ2) is 6.09. The molecule has 0 saturated heterocycles. The molecule has 3 fully saturated rings. The Labute approximate surface area is 157 Å². The fourth-order valence-electron chi connectivity index (χ4n) is 6.91. The van der Waals surface area contributed by atoms with Gasteiger partial charge in [0.05, 0.1) is 5.60 Å². The molecule has 2 heteroatoms. The predicted octanol–water partition coefficient (Wildman–Crippen LogP) is 6.97. The van der Waals surface area contributed by atoms with Crippen molar-refractivity contribution in [3.05, 3.63) is 24.8 Å². The molecule has 0 heterocycles. The zero-order valence-corrected chi connectivity index (χ0v) is 18.6. The Hall–Kier alpha value is -0.343. The van der Waals surface area contributed by atoms with Crippen LogP contribution in [0.5, 0.6) is 0 Å². The lowest BCUT2D eigenvalue weighted by Gasteiger charge is -2.68. The van der Waals surface area contributed by atoms with E-state index in [-0.39, 0.29) is 16.4 Å². The van der Waals surface area contributed by atoms with Crippen LogP contribution in [-0.2, 0) is 4.43 Å². The van der Waals surface area contributed by atoms with Crippen LogP contribution in [0.15, 0.2) is 24.8 Å². The Morgan fingerprint density at radius 2 is 1.84 bits per heavy atom. The summed E-state index contributed by atoms with van der Waals surface area (Å²) >= 11 is 0. The lowest BCUT2D eigenvalue weighted by atomic mass is 9.41. The SMILES string of the molecule is C=C[C@@]1(C)CCC[C@]2(C)[C@@H]1CC(=C)[C@@H]1CC[C@@H](C)C[C@]12O[Si](C)(C)C. The molecule has 142 valence electrons. The molecule has 0 amide bonds. The van der Waals surface area contributed by atoms with Gasteiger partial charge in [-0.1, -0.05) is 45.4 Å². The Balaban J connectivity index is 2.17. The smallest absolute Gasteiger partial charge is 0.184 e. The summed E-state index contributed by atoms with van der Waals surface area (Å²) in [5.74, 6) is 1.94. The van der Waals surface area contributed by atoms with E-state index in [0.717, 1.165) is 5.92 Å². The highest BCUT2D eigenvalue weighted by atomic mass is 28.4. The van der Waals surface area contributed by atoms with Gasteiger partial charge in [0.15, 0.2) is 8.32 Å². The monoisotopic (exact) mass is 360 g/mol. The lowest BCUT2D eigenvalue weighted by Crippen LogP contribution is -2.68. The second-order valence-corrected chi connectivity index (χ2v) is 15.4. The van der Waals surface area contributed by atoms with Crippen molar-refractivity contribution in [1.82, 2.24) is 0 Å². The van der Waals surface area contributed by atoms with Gasteiger partial charge in [0, 0.05) is 5.92 Å². The summed E-state index contributed by atoms with van der Waals surface area (Å²) in [5, 5.41) is 0. The first kappa shape index (κ1) is 19.4. The van der Waals surface area contributed by atoms with Crippen LogP contribution in [0.4, 0.5) is 0 Å². The average Bonchev–Trinajstić information content (AvgIpc) is 2.48. The third-order valence-corrected chi connectivity index (χ3v) is 9.00. The number of allylic oxidation sites excluding steroid dienone is 1. The third-order valence-electron chi connectivity index (χ3n) is 8.02. The summed E-state index contributed by atoms with van der Waals surface area (Å²) in [6, 6.07) is 0. The Morgan fingerprint density at radius 3 is 2.44 bits per heavy atom. The van der Waals surface area contributed by atoms with E-state index in [2.05, 4.69) is 59.6 Å². The van der Waals surface area contributed by atoms with Gasteiger partial charge in [-0.05, 0) is 80.8 Å². The van der Waals surface area contributed by atoms with E-state index in [1.807, 2.05) is 0 Å². The zero-order chi connectivity index (χ0) is 18.7. The summed E-state index contributed by atoms with van der Waals surface area (Å²) < 4.78 is 7.27. The highest BCUT2D eigenvalue weighted by Gasteiger charge is 2.66. The van der Waals surface area contributed by atoms with E-state index in [4.69, 9.17) is 4.43 Å². The molecule has 1 nitrogen and oxygen atoms in total. The van der Waals surface area contributed by atoms with Crippen LogP contribution in [0.25, 0.3) is 0 Å². The predicted molar refractivity (Wildman–Crippen MR) is 111 cm³/mol. The van der Waals surface area contributed by atoms with Gasteiger partial charge >= 0.3 is 0 Å². The van der Waals surface area contributed by atoms with Crippen molar-refractivity contribution >= 4 is 8.32 Å². The van der Waals surface area contributed by atoms with E-state index in [1.165, 1.54) is 50.5 Å². The van der Waals surface area contributed by atoms with Crippen LogP contribution in [0.1, 0.15) is 65.7 Å². The van der Waals surface area contributed by atoms with Gasteiger partial charge < -0.3 is 4.43 Å². The minimum atomic E-state index is -1.67. The van der Waals surface area contributed by atoms with Gasteiger partial charge in [-0.15, -0.1) is 6.58 Å². The van der Waals surface area contributed by atoms with Crippen LogP contribution in [-0.4, -0.2) is 13.9 Å². The van der Waals surface area contributed by atoms with Crippen molar-refractivity contribution < 1.29 is 4.43 Å². The quantitative estimate of drug-likeness (QED) is 0.390. The first-order chi connectivity index (χ1) is 11.5.